The summed E-state index contributed by atoms with van der Waals surface area (Å²) in [6.45, 7) is 0. The van der Waals surface area contributed by atoms with Gasteiger partial charge in [-0.2, -0.15) is 4.57 Å². The lowest BCUT2D eigenvalue weighted by Gasteiger charge is -2.40. The van der Waals surface area contributed by atoms with E-state index in [-0.39, 0.29) is 24.4 Å². The number of nitrogens with zero attached hydrogens (tertiary/aromatic N) is 3. The zero-order chi connectivity index (χ0) is 23.8. The molecule has 3 heterocycles. The highest BCUT2D eigenvalue weighted by molar-refractivity contribution is 8.00. The van der Waals surface area contributed by atoms with Crippen molar-refractivity contribution >= 4 is 29.6 Å². The van der Waals surface area contributed by atoms with E-state index in [1.807, 2.05) is 61.9 Å². The molecule has 2 unspecified atom stereocenters. The minimum Gasteiger partial charge on any atom is -1.00 e. The fourth-order valence-electron chi connectivity index (χ4n) is 4.87. The van der Waals surface area contributed by atoms with Crippen molar-refractivity contribution in [1.29, 1.82) is 0 Å². The summed E-state index contributed by atoms with van der Waals surface area (Å²) >= 11 is 1.54. The van der Waals surface area contributed by atoms with Crippen LogP contribution in [0.15, 0.2) is 113 Å². The molecule has 0 aliphatic carbocycles. The van der Waals surface area contributed by atoms with Gasteiger partial charge < -0.3 is 22.6 Å². The number of halogens is 1. The molecule has 6 rings (SSSR count). The van der Waals surface area contributed by atoms with E-state index >= 15 is 0 Å². The monoisotopic (exact) mass is 512 g/mol. The molecule has 0 fully saturated rings. The second-order valence-corrected chi connectivity index (χ2v) is 9.97. The number of para-hydroxylation sites is 1. The van der Waals surface area contributed by atoms with Crippen LogP contribution in [0.4, 0.5) is 5.69 Å². The number of nitrogens with one attached hydrogen (secondary N) is 1. The second kappa shape index (κ2) is 9.80. The molecule has 2 atom stereocenters. The number of thioether (sulfide) groups is 1. The fourth-order valence-corrected chi connectivity index (χ4v) is 6.08. The molecule has 2 aliphatic heterocycles. The number of benzene rings is 3. The number of carbonyl (C=O) groups is 1. The van der Waals surface area contributed by atoms with Gasteiger partial charge in [-0.15, -0.1) is 0 Å². The van der Waals surface area contributed by atoms with Gasteiger partial charge in [-0.1, -0.05) is 60.7 Å². The fraction of sp³-hybridized carbons (Fsp3) is 0.138. The smallest absolute Gasteiger partial charge is 0.271 e. The van der Waals surface area contributed by atoms with Gasteiger partial charge >= 0.3 is 0 Å². The molecular weight excluding hydrogens is 488 g/mol. The van der Waals surface area contributed by atoms with E-state index in [9.17, 15) is 4.79 Å². The van der Waals surface area contributed by atoms with E-state index in [0.29, 0.717) is 5.56 Å². The van der Waals surface area contributed by atoms with Gasteiger partial charge in [-0.05, 0) is 47.4 Å². The van der Waals surface area contributed by atoms with Crippen molar-refractivity contribution in [2.24, 2.45) is 12.0 Å². The average molecular weight is 513 g/mol. The van der Waals surface area contributed by atoms with Gasteiger partial charge in [0.05, 0.1) is 6.04 Å². The number of aryl methyl sites for hydroxylation is 1. The first kappa shape index (κ1) is 24.1. The highest BCUT2D eigenvalue weighted by atomic mass is 35.5. The summed E-state index contributed by atoms with van der Waals surface area (Å²) in [7, 11) is 2.01. The van der Waals surface area contributed by atoms with Crippen LogP contribution in [0.1, 0.15) is 33.1 Å². The Hall–Kier alpha value is -3.61. The van der Waals surface area contributed by atoms with Crippen LogP contribution >= 0.6 is 11.8 Å². The molecule has 2 aliphatic rings. The van der Waals surface area contributed by atoms with E-state index in [0.717, 1.165) is 17.1 Å². The lowest BCUT2D eigenvalue weighted by Crippen LogP contribution is -3.00. The predicted octanol–water partition coefficient (Wildman–Crippen LogP) is 1.88. The summed E-state index contributed by atoms with van der Waals surface area (Å²) in [4.78, 5) is 20.9. The third-order valence-corrected chi connectivity index (χ3v) is 7.89. The van der Waals surface area contributed by atoms with Crippen LogP contribution in [0, 0.1) is 0 Å². The number of fused-ring (bicyclic) bond motifs is 5. The zero-order valence-corrected chi connectivity index (χ0v) is 21.3. The van der Waals surface area contributed by atoms with E-state index < -0.39 is 5.12 Å². The first-order valence-corrected chi connectivity index (χ1v) is 12.5. The van der Waals surface area contributed by atoms with Crippen molar-refractivity contribution in [2.75, 3.05) is 4.90 Å². The number of aliphatic imine (C=N–C) groups is 1. The maximum atomic E-state index is 13.6. The number of anilines is 1. The lowest BCUT2D eigenvalue weighted by atomic mass is 9.98. The Kier molecular flexibility index (Phi) is 6.56. The Bertz CT molecular complexity index is 1440. The van der Waals surface area contributed by atoms with E-state index in [1.165, 1.54) is 16.7 Å². The van der Waals surface area contributed by atoms with Crippen LogP contribution in [0.5, 0.6) is 0 Å². The molecular formula is C29H25ClN4OS. The summed E-state index contributed by atoms with van der Waals surface area (Å²) in [5, 5.41) is 3.25. The number of amides is 1. The van der Waals surface area contributed by atoms with Crippen LogP contribution in [0.3, 0.4) is 0 Å². The highest BCUT2D eigenvalue weighted by Crippen LogP contribution is 2.49. The van der Waals surface area contributed by atoms with Gasteiger partial charge in [-0.25, -0.2) is 4.99 Å². The van der Waals surface area contributed by atoms with Crippen molar-refractivity contribution in [3.8, 4) is 0 Å². The van der Waals surface area contributed by atoms with Gasteiger partial charge in [0.2, 0.25) is 5.03 Å². The Morgan fingerprint density at radius 2 is 1.64 bits per heavy atom. The number of hydrogen-bond acceptors (Lipinski definition) is 4. The molecule has 5 nitrogen and oxygen atoms in total. The van der Waals surface area contributed by atoms with Crippen LogP contribution in [-0.2, 0) is 13.5 Å². The lowest BCUT2D eigenvalue weighted by molar-refractivity contribution is -0.708. The van der Waals surface area contributed by atoms with Gasteiger partial charge in [0.1, 0.15) is 7.05 Å². The number of carbonyl (C=O) groups excluding carboxylic acids is 1. The minimum atomic E-state index is -1.07. The summed E-state index contributed by atoms with van der Waals surface area (Å²) in [6.07, 6.45) is 4.83. The Balaban J connectivity index is 0.00000267. The largest absolute Gasteiger partial charge is 1.00 e. The van der Waals surface area contributed by atoms with Crippen molar-refractivity contribution in [2.45, 2.75) is 22.6 Å². The third kappa shape index (κ3) is 4.16. The van der Waals surface area contributed by atoms with Crippen LogP contribution < -0.4 is 27.2 Å². The SMILES string of the molecule is C[n+]1ccccc1SC1(NC(=O)c2ccccc2)N=CC2c3ccccc3Cc3ccccc3N21.[Cl-]. The molecule has 1 N–H and O–H groups in total. The summed E-state index contributed by atoms with van der Waals surface area (Å²) in [5.74, 6) is -0.163. The average Bonchev–Trinajstić information content (AvgIpc) is 3.17. The first-order valence-electron chi connectivity index (χ1n) is 11.7. The van der Waals surface area contributed by atoms with Gasteiger partial charge in [0.15, 0.2) is 6.20 Å². The molecule has 1 aromatic heterocycles. The molecule has 0 spiro atoms. The maximum Gasteiger partial charge on any atom is 0.271 e. The molecule has 0 radical (unpaired) electrons. The quantitative estimate of drug-likeness (QED) is 0.335. The van der Waals surface area contributed by atoms with Crippen LogP contribution in [-0.4, -0.2) is 17.2 Å². The Labute approximate surface area is 221 Å². The van der Waals surface area contributed by atoms with Gasteiger partial charge in [-0.3, -0.25) is 4.79 Å². The zero-order valence-electron chi connectivity index (χ0n) is 19.7. The summed E-state index contributed by atoms with van der Waals surface area (Å²) < 4.78 is 2.06. The standard InChI is InChI=1S/C29H24N4OS.ClH/c1-32-18-10-9-17-27(32)35-29(31-28(34)21-11-3-2-4-12-21)30-20-26-24-15-7-5-13-22(24)19-23-14-6-8-16-25(23)33(26)29;/h2-18,20,26H,19H2,1H3;1H. The Morgan fingerprint density at radius 1 is 0.944 bits per heavy atom. The highest BCUT2D eigenvalue weighted by Gasteiger charge is 2.50. The molecule has 0 saturated carbocycles. The van der Waals surface area contributed by atoms with E-state index in [1.54, 1.807) is 11.8 Å². The number of rotatable bonds is 4. The van der Waals surface area contributed by atoms with E-state index in [4.69, 9.17) is 4.99 Å². The number of hydrogen-bond donors (Lipinski definition) is 1. The molecule has 7 heteroatoms. The van der Waals surface area contributed by atoms with Crippen molar-refractivity contribution in [3.05, 3.63) is 126 Å². The molecule has 36 heavy (non-hydrogen) atoms. The van der Waals surface area contributed by atoms with E-state index in [2.05, 4.69) is 69.4 Å². The Morgan fingerprint density at radius 3 is 2.44 bits per heavy atom. The molecule has 0 saturated heterocycles. The predicted molar refractivity (Wildman–Crippen MR) is 140 cm³/mol. The van der Waals surface area contributed by atoms with Crippen LogP contribution in [0.2, 0.25) is 0 Å². The van der Waals surface area contributed by atoms with Crippen LogP contribution in [0.25, 0.3) is 0 Å². The van der Waals surface area contributed by atoms with Crippen molar-refractivity contribution in [3.63, 3.8) is 0 Å². The minimum absolute atomic E-state index is 0. The maximum absolute atomic E-state index is 13.6. The van der Waals surface area contributed by atoms with Gasteiger partial charge in [0, 0.05) is 41.4 Å². The summed E-state index contributed by atoms with van der Waals surface area (Å²) in [6, 6.07) is 32.3. The molecule has 0 bridgehead atoms. The molecule has 1 amide bonds. The van der Waals surface area contributed by atoms with Crippen molar-refractivity contribution in [1.82, 2.24) is 5.32 Å². The second-order valence-electron chi connectivity index (χ2n) is 8.78. The number of pyridine rings is 1. The number of aromatic nitrogens is 1. The molecule has 3 aromatic carbocycles. The summed E-state index contributed by atoms with van der Waals surface area (Å²) in [5.41, 5.74) is 5.38. The topological polar surface area (TPSA) is 48.6 Å². The first-order chi connectivity index (χ1) is 17.1. The molecule has 180 valence electrons. The van der Waals surface area contributed by atoms with Crippen molar-refractivity contribution < 1.29 is 21.8 Å². The van der Waals surface area contributed by atoms with Gasteiger partial charge in [0.25, 0.3) is 11.0 Å². The third-order valence-electron chi connectivity index (χ3n) is 6.57. The molecule has 4 aromatic rings. The normalized spacial score (nSPS) is 19.4.